The maximum Gasteiger partial charge on any atom is 0.335 e. The molecule has 0 aromatic heterocycles. The molecule has 2 fully saturated rings. The number of aromatic carboxylic acids is 1. The lowest BCUT2D eigenvalue weighted by Crippen LogP contribution is -2.30. The van der Waals surface area contributed by atoms with Gasteiger partial charge in [0.2, 0.25) is 5.91 Å². The molecular formula is C45H47Cl2N5O7. The number of halogens is 2. The van der Waals surface area contributed by atoms with Crippen molar-refractivity contribution in [3.8, 4) is 0 Å². The predicted molar refractivity (Wildman–Crippen MR) is 227 cm³/mol. The van der Waals surface area contributed by atoms with E-state index in [4.69, 9.17) is 38.0 Å². The molecule has 0 saturated carbocycles. The van der Waals surface area contributed by atoms with Crippen molar-refractivity contribution in [3.05, 3.63) is 138 Å². The number of aryl methyl sites for hydroxylation is 4. The summed E-state index contributed by atoms with van der Waals surface area (Å²) in [4.78, 5) is 58.4. The number of Topliss-reactive ketones (excluding diaryl/α,β-unsaturated/α-hetero) is 1. The highest BCUT2D eigenvalue weighted by atomic mass is 35.5. The summed E-state index contributed by atoms with van der Waals surface area (Å²) in [7, 11) is 0. The molecule has 4 aromatic carbocycles. The minimum Gasteiger partial charge on any atom is -0.478 e. The average molecular weight is 841 g/mol. The Morgan fingerprint density at radius 2 is 1.25 bits per heavy atom. The van der Waals surface area contributed by atoms with Gasteiger partial charge >= 0.3 is 5.97 Å². The highest BCUT2D eigenvalue weighted by Crippen LogP contribution is 2.39. The fraction of sp³-hybridized carbons (Fsp3) is 0.333. The summed E-state index contributed by atoms with van der Waals surface area (Å²) in [6.07, 6.45) is 1.93. The molecule has 308 valence electrons. The number of amides is 2. The zero-order valence-electron chi connectivity index (χ0n) is 33.9. The van der Waals surface area contributed by atoms with E-state index in [2.05, 4.69) is 27.0 Å². The standard InChI is InChI=1S/C22H22ClN3O3.C19H18ClNO3.C4H7NO/c1-13-6-16(9-17(23)7-13)22(3)10-19(25-29-22)15-4-5-18(14(2)8-15)21(28)26-11-20(27)24-12-26;1-11-6-14(9-15(20)7-11)19(3)10-17(21-24-19)13-4-5-16(18(22)23)12(2)8-13;6-4-1-2-5-3-4/h4-9H,10-12H2,1-3H3,(H,24,27);4-9H,10H2,1-3H3,(H,22,23);5H,1-3H2. The van der Waals surface area contributed by atoms with E-state index >= 15 is 0 Å². The van der Waals surface area contributed by atoms with E-state index in [1.807, 2.05) is 83.1 Å². The molecular weight excluding hydrogens is 793 g/mol. The molecule has 14 heteroatoms. The molecule has 12 nitrogen and oxygen atoms in total. The fourth-order valence-corrected chi connectivity index (χ4v) is 7.85. The number of carboxylic acid groups (broad SMARTS) is 1. The summed E-state index contributed by atoms with van der Waals surface area (Å²) in [6.45, 7) is 13.5. The molecule has 0 radical (unpaired) electrons. The van der Waals surface area contributed by atoms with Crippen LogP contribution in [-0.2, 0) is 30.5 Å². The quantitative estimate of drug-likeness (QED) is 0.178. The van der Waals surface area contributed by atoms with Crippen LogP contribution in [0.4, 0.5) is 0 Å². The van der Waals surface area contributed by atoms with Gasteiger partial charge in [-0.15, -0.1) is 0 Å². The van der Waals surface area contributed by atoms with Crippen LogP contribution in [0.15, 0.2) is 83.1 Å². The lowest BCUT2D eigenvalue weighted by atomic mass is 9.88. The first-order valence-electron chi connectivity index (χ1n) is 19.2. The second-order valence-electron chi connectivity index (χ2n) is 15.7. The second kappa shape index (κ2) is 17.7. The van der Waals surface area contributed by atoms with E-state index < -0.39 is 17.2 Å². The van der Waals surface area contributed by atoms with Crippen molar-refractivity contribution in [3.63, 3.8) is 0 Å². The van der Waals surface area contributed by atoms with Crippen LogP contribution in [-0.4, -0.2) is 71.3 Å². The van der Waals surface area contributed by atoms with Crippen LogP contribution >= 0.6 is 23.2 Å². The Hall–Kier alpha value is -5.56. The third-order valence-electron chi connectivity index (χ3n) is 10.6. The van der Waals surface area contributed by atoms with E-state index in [0.717, 1.165) is 63.3 Å². The Morgan fingerprint density at radius 3 is 1.63 bits per heavy atom. The van der Waals surface area contributed by atoms with Gasteiger partial charge in [0, 0.05) is 41.4 Å². The van der Waals surface area contributed by atoms with Crippen molar-refractivity contribution in [2.24, 2.45) is 10.3 Å². The fourth-order valence-electron chi connectivity index (χ4n) is 7.28. The zero-order chi connectivity index (χ0) is 42.6. The highest BCUT2D eigenvalue weighted by Gasteiger charge is 2.38. The predicted octanol–water partition coefficient (Wildman–Crippen LogP) is 7.77. The van der Waals surface area contributed by atoms with Crippen LogP contribution in [0.2, 0.25) is 10.0 Å². The van der Waals surface area contributed by atoms with Gasteiger partial charge in [0.05, 0.1) is 30.2 Å². The Bertz CT molecular complexity index is 2350. The first kappa shape index (κ1) is 43.0. The molecule has 2 atom stereocenters. The Labute approximate surface area is 353 Å². The molecule has 0 bridgehead atoms. The molecule has 8 rings (SSSR count). The Morgan fingerprint density at radius 1 is 0.746 bits per heavy atom. The largest absolute Gasteiger partial charge is 0.478 e. The number of carbonyl (C=O) groups excluding carboxylic acids is 3. The summed E-state index contributed by atoms with van der Waals surface area (Å²) >= 11 is 12.4. The molecule has 0 spiro atoms. The van der Waals surface area contributed by atoms with Crippen molar-refractivity contribution in [1.29, 1.82) is 0 Å². The van der Waals surface area contributed by atoms with Crippen molar-refractivity contribution >= 4 is 58.2 Å². The van der Waals surface area contributed by atoms with Gasteiger partial charge in [-0.25, -0.2) is 4.79 Å². The van der Waals surface area contributed by atoms with Gasteiger partial charge in [0.15, 0.2) is 11.2 Å². The molecule has 0 aliphatic carbocycles. The minimum absolute atomic E-state index is 0.0952. The van der Waals surface area contributed by atoms with Crippen LogP contribution in [0.5, 0.6) is 0 Å². The van der Waals surface area contributed by atoms with Gasteiger partial charge in [-0.3, -0.25) is 14.4 Å². The van der Waals surface area contributed by atoms with E-state index in [1.54, 1.807) is 25.1 Å². The van der Waals surface area contributed by atoms with E-state index in [9.17, 15) is 19.2 Å². The third-order valence-corrected chi connectivity index (χ3v) is 11.0. The average Bonchev–Trinajstić information content (AvgIpc) is 4.00. The Balaban J connectivity index is 0.000000176. The number of hydrogen-bond acceptors (Lipinski definition) is 9. The Kier molecular flexibility index (Phi) is 12.9. The number of ketones is 1. The summed E-state index contributed by atoms with van der Waals surface area (Å²) in [6, 6.07) is 22.5. The highest BCUT2D eigenvalue weighted by molar-refractivity contribution is 6.31. The van der Waals surface area contributed by atoms with Gasteiger partial charge in [0.1, 0.15) is 12.3 Å². The molecule has 2 saturated heterocycles. The molecule has 59 heavy (non-hydrogen) atoms. The van der Waals surface area contributed by atoms with E-state index in [1.165, 1.54) is 4.90 Å². The van der Waals surface area contributed by atoms with Crippen molar-refractivity contribution in [2.75, 3.05) is 26.3 Å². The number of carboxylic acids is 1. The van der Waals surface area contributed by atoms with Crippen molar-refractivity contribution < 1.29 is 34.0 Å². The van der Waals surface area contributed by atoms with Gasteiger partial charge in [-0.1, -0.05) is 57.8 Å². The summed E-state index contributed by atoms with van der Waals surface area (Å²) in [5, 5.41) is 24.6. The summed E-state index contributed by atoms with van der Waals surface area (Å²) in [5.74, 6) is -0.880. The lowest BCUT2D eigenvalue weighted by molar-refractivity contribution is -0.118. The number of benzene rings is 4. The van der Waals surface area contributed by atoms with Crippen LogP contribution < -0.4 is 10.6 Å². The summed E-state index contributed by atoms with van der Waals surface area (Å²) < 4.78 is 0. The number of carbonyl (C=O) groups is 4. The third kappa shape index (κ3) is 10.2. The second-order valence-corrected chi connectivity index (χ2v) is 16.6. The van der Waals surface area contributed by atoms with Crippen LogP contribution in [0, 0.1) is 27.7 Å². The maximum atomic E-state index is 12.7. The van der Waals surface area contributed by atoms with Crippen molar-refractivity contribution in [2.45, 2.75) is 72.0 Å². The van der Waals surface area contributed by atoms with Gasteiger partial charge < -0.3 is 30.3 Å². The normalized spacial score (nSPS) is 20.6. The van der Waals surface area contributed by atoms with E-state index in [-0.39, 0.29) is 25.0 Å². The lowest BCUT2D eigenvalue weighted by Gasteiger charge is -2.22. The zero-order valence-corrected chi connectivity index (χ0v) is 35.4. The van der Waals surface area contributed by atoms with Gasteiger partial charge in [-0.05, 0) is 135 Å². The molecule has 4 aliphatic rings. The van der Waals surface area contributed by atoms with Gasteiger partial charge in [-0.2, -0.15) is 0 Å². The SMILES string of the molecule is Cc1cc(Cl)cc(C2(C)CC(c3ccc(C(=O)N4CNC(=O)C4)c(C)c3)=NO2)c1.Cc1cc(Cl)cc(C2(C)CC(c3ccc(C(=O)O)c(C)c3)=NO2)c1.O=C1CCNC1. The smallest absolute Gasteiger partial charge is 0.335 e. The monoisotopic (exact) mass is 839 g/mol. The van der Waals surface area contributed by atoms with Crippen LogP contribution in [0.1, 0.15) is 98.3 Å². The molecule has 4 aromatic rings. The number of oxime groups is 2. The molecule has 2 unspecified atom stereocenters. The molecule has 4 aliphatic heterocycles. The number of nitrogens with zero attached hydrogens (tertiary/aromatic N) is 3. The topological polar surface area (TPSA) is 159 Å². The minimum atomic E-state index is -0.928. The van der Waals surface area contributed by atoms with Gasteiger partial charge in [0.25, 0.3) is 5.91 Å². The summed E-state index contributed by atoms with van der Waals surface area (Å²) in [5.41, 5.74) is 8.76. The van der Waals surface area contributed by atoms with Crippen molar-refractivity contribution in [1.82, 2.24) is 15.5 Å². The maximum absolute atomic E-state index is 12.7. The molecule has 3 N–H and O–H groups in total. The number of rotatable bonds is 6. The van der Waals surface area contributed by atoms with Crippen LogP contribution in [0.25, 0.3) is 0 Å². The number of nitrogens with one attached hydrogen (secondary N) is 2. The van der Waals surface area contributed by atoms with Crippen LogP contribution in [0.3, 0.4) is 0 Å². The van der Waals surface area contributed by atoms with E-state index in [0.29, 0.717) is 51.9 Å². The molecule has 2 amide bonds. The number of hydrogen-bond donors (Lipinski definition) is 3. The first-order valence-corrected chi connectivity index (χ1v) is 20.0. The first-order chi connectivity index (χ1) is 27.9. The molecule has 4 heterocycles.